The molecule has 0 aliphatic heterocycles. The van der Waals surface area contributed by atoms with Crippen LogP contribution < -0.4 is 10.1 Å². The van der Waals surface area contributed by atoms with Gasteiger partial charge >= 0.3 is 0 Å². The minimum atomic E-state index is -0.347. The second kappa shape index (κ2) is 6.40. The summed E-state index contributed by atoms with van der Waals surface area (Å²) in [6, 6.07) is 7.67. The molecule has 1 aliphatic rings. The van der Waals surface area contributed by atoms with Crippen LogP contribution in [0, 0.1) is 17.6 Å². The number of methoxy groups -OCH3 is 1. The number of pyridine rings is 1. The van der Waals surface area contributed by atoms with Crippen LogP contribution in [0.4, 0.5) is 8.78 Å². The van der Waals surface area contributed by atoms with Crippen LogP contribution in [0.5, 0.6) is 5.75 Å². The van der Waals surface area contributed by atoms with Gasteiger partial charge in [0.25, 0.3) is 0 Å². The largest absolute Gasteiger partial charge is 0.497 e. The molecule has 0 spiro atoms. The molecule has 0 radical (unpaired) electrons. The summed E-state index contributed by atoms with van der Waals surface area (Å²) in [5.41, 5.74) is 0.946. The maximum Gasteiger partial charge on any atom is 0.146 e. The standard InChI is InChI=1S/C17H18F2N2O/c1-22-12-6-7-13(15(19)9-12)17(11-4-5-11)21-10-16-14(18)3-2-8-20-16/h2-3,6-9,11,17,21H,4-5,10H2,1H3. The lowest BCUT2D eigenvalue weighted by molar-refractivity contribution is 0.406. The summed E-state index contributed by atoms with van der Waals surface area (Å²) in [6.07, 6.45) is 3.65. The monoisotopic (exact) mass is 304 g/mol. The lowest BCUT2D eigenvalue weighted by atomic mass is 10.0. The number of halogens is 2. The first-order valence-electron chi connectivity index (χ1n) is 7.35. The number of hydrogen-bond donors (Lipinski definition) is 1. The van der Waals surface area contributed by atoms with Gasteiger partial charge in [0.2, 0.25) is 0 Å². The van der Waals surface area contributed by atoms with E-state index < -0.39 is 0 Å². The molecule has 22 heavy (non-hydrogen) atoms. The summed E-state index contributed by atoms with van der Waals surface area (Å²) in [5.74, 6) is 0.228. The Kier molecular flexibility index (Phi) is 4.34. The van der Waals surface area contributed by atoms with Gasteiger partial charge in [-0.2, -0.15) is 0 Å². The fraction of sp³-hybridized carbons (Fsp3) is 0.353. The summed E-state index contributed by atoms with van der Waals surface area (Å²) in [4.78, 5) is 4.02. The van der Waals surface area contributed by atoms with Gasteiger partial charge in [-0.1, -0.05) is 6.07 Å². The maximum atomic E-state index is 14.3. The Morgan fingerprint density at radius 2 is 2.09 bits per heavy atom. The third-order valence-electron chi connectivity index (χ3n) is 3.96. The summed E-state index contributed by atoms with van der Waals surface area (Å²) in [6.45, 7) is 0.277. The SMILES string of the molecule is COc1ccc(C(NCc2ncccc2F)C2CC2)c(F)c1. The van der Waals surface area contributed by atoms with Crippen molar-refractivity contribution in [1.29, 1.82) is 0 Å². The van der Waals surface area contributed by atoms with Crippen LogP contribution in [0.3, 0.4) is 0 Å². The van der Waals surface area contributed by atoms with Crippen molar-refractivity contribution in [2.45, 2.75) is 25.4 Å². The van der Waals surface area contributed by atoms with Gasteiger partial charge in [-0.15, -0.1) is 0 Å². The van der Waals surface area contributed by atoms with Crippen LogP contribution in [0.1, 0.15) is 30.1 Å². The molecule has 0 amide bonds. The fourth-order valence-corrected chi connectivity index (χ4v) is 2.60. The Morgan fingerprint density at radius 1 is 1.27 bits per heavy atom. The average Bonchev–Trinajstić information content (AvgIpc) is 3.35. The van der Waals surface area contributed by atoms with Crippen LogP contribution in [0.2, 0.25) is 0 Å². The van der Waals surface area contributed by atoms with E-state index in [0.717, 1.165) is 12.8 Å². The molecule has 0 bridgehead atoms. The Labute approximate surface area is 128 Å². The van der Waals surface area contributed by atoms with Gasteiger partial charge in [-0.3, -0.25) is 4.98 Å². The molecule has 3 nitrogen and oxygen atoms in total. The zero-order valence-electron chi connectivity index (χ0n) is 12.4. The Balaban J connectivity index is 1.77. The third kappa shape index (κ3) is 3.25. The van der Waals surface area contributed by atoms with Gasteiger partial charge < -0.3 is 10.1 Å². The molecule has 2 aromatic rings. The Hall–Kier alpha value is -2.01. The van der Waals surface area contributed by atoms with Crippen molar-refractivity contribution in [3.05, 3.63) is 59.4 Å². The maximum absolute atomic E-state index is 14.3. The van der Waals surface area contributed by atoms with Gasteiger partial charge in [-0.05, 0) is 37.0 Å². The molecular formula is C17H18F2N2O. The molecule has 1 atom stereocenters. The first kappa shape index (κ1) is 14.9. The fourth-order valence-electron chi connectivity index (χ4n) is 2.60. The number of hydrogen-bond acceptors (Lipinski definition) is 3. The second-order valence-electron chi connectivity index (χ2n) is 5.52. The number of benzene rings is 1. The van der Waals surface area contributed by atoms with Gasteiger partial charge in [0.15, 0.2) is 0 Å². The second-order valence-corrected chi connectivity index (χ2v) is 5.52. The van der Waals surface area contributed by atoms with E-state index in [9.17, 15) is 8.78 Å². The van der Waals surface area contributed by atoms with Crippen LogP contribution in [0.15, 0.2) is 36.5 Å². The van der Waals surface area contributed by atoms with E-state index in [-0.39, 0.29) is 24.2 Å². The molecule has 0 saturated heterocycles. The average molecular weight is 304 g/mol. The van der Waals surface area contributed by atoms with Crippen molar-refractivity contribution in [1.82, 2.24) is 10.3 Å². The number of ether oxygens (including phenoxy) is 1. The number of nitrogens with zero attached hydrogens (tertiary/aromatic N) is 1. The lowest BCUT2D eigenvalue weighted by Gasteiger charge is -2.20. The van der Waals surface area contributed by atoms with Crippen LogP contribution in [-0.4, -0.2) is 12.1 Å². The highest BCUT2D eigenvalue weighted by Crippen LogP contribution is 2.42. The van der Waals surface area contributed by atoms with Crippen LogP contribution >= 0.6 is 0 Å². The normalized spacial score (nSPS) is 15.6. The van der Waals surface area contributed by atoms with Gasteiger partial charge in [0.05, 0.1) is 12.8 Å². The first-order chi connectivity index (χ1) is 10.7. The van der Waals surface area contributed by atoms with Crippen molar-refractivity contribution in [3.8, 4) is 5.75 Å². The smallest absolute Gasteiger partial charge is 0.146 e. The van der Waals surface area contributed by atoms with E-state index in [1.807, 2.05) is 0 Å². The van der Waals surface area contributed by atoms with E-state index in [2.05, 4.69) is 10.3 Å². The van der Waals surface area contributed by atoms with Gasteiger partial charge in [0, 0.05) is 30.4 Å². The third-order valence-corrected chi connectivity index (χ3v) is 3.96. The quantitative estimate of drug-likeness (QED) is 0.885. The summed E-state index contributed by atoms with van der Waals surface area (Å²) >= 11 is 0. The van der Waals surface area contributed by atoms with Gasteiger partial charge in [-0.25, -0.2) is 8.78 Å². The number of nitrogens with one attached hydrogen (secondary N) is 1. The zero-order valence-corrected chi connectivity index (χ0v) is 12.4. The van der Waals surface area contributed by atoms with E-state index >= 15 is 0 Å². The lowest BCUT2D eigenvalue weighted by Crippen LogP contribution is -2.24. The summed E-state index contributed by atoms with van der Waals surface area (Å²) < 4.78 is 32.9. The van der Waals surface area contributed by atoms with Crippen LogP contribution in [0.25, 0.3) is 0 Å². The molecule has 1 saturated carbocycles. The van der Waals surface area contributed by atoms with Crippen LogP contribution in [-0.2, 0) is 6.54 Å². The molecule has 1 unspecified atom stereocenters. The minimum absolute atomic E-state index is 0.132. The van der Waals surface area contributed by atoms with E-state index in [1.54, 1.807) is 24.4 Å². The Morgan fingerprint density at radius 3 is 2.73 bits per heavy atom. The van der Waals surface area contributed by atoms with E-state index in [0.29, 0.717) is 22.9 Å². The van der Waals surface area contributed by atoms with Gasteiger partial charge in [0.1, 0.15) is 17.4 Å². The molecule has 1 N–H and O–H groups in total. The molecule has 1 heterocycles. The summed E-state index contributed by atoms with van der Waals surface area (Å²) in [7, 11) is 1.51. The topological polar surface area (TPSA) is 34.1 Å². The molecule has 5 heteroatoms. The first-order valence-corrected chi connectivity index (χ1v) is 7.35. The highest BCUT2D eigenvalue weighted by Gasteiger charge is 2.33. The van der Waals surface area contributed by atoms with Crippen molar-refractivity contribution in [2.24, 2.45) is 5.92 Å². The molecule has 1 aromatic carbocycles. The highest BCUT2D eigenvalue weighted by molar-refractivity contribution is 5.32. The number of aromatic nitrogens is 1. The zero-order chi connectivity index (χ0) is 15.5. The van der Waals surface area contributed by atoms with Crippen molar-refractivity contribution >= 4 is 0 Å². The molecule has 1 aliphatic carbocycles. The van der Waals surface area contributed by atoms with E-state index in [1.165, 1.54) is 19.2 Å². The van der Waals surface area contributed by atoms with Crippen molar-refractivity contribution in [3.63, 3.8) is 0 Å². The molecular weight excluding hydrogens is 286 g/mol. The van der Waals surface area contributed by atoms with Crippen molar-refractivity contribution in [2.75, 3.05) is 7.11 Å². The Bertz CT molecular complexity index is 659. The van der Waals surface area contributed by atoms with Crippen molar-refractivity contribution < 1.29 is 13.5 Å². The predicted molar refractivity (Wildman–Crippen MR) is 79.5 cm³/mol. The molecule has 3 rings (SSSR count). The highest BCUT2D eigenvalue weighted by atomic mass is 19.1. The van der Waals surface area contributed by atoms with E-state index in [4.69, 9.17) is 4.74 Å². The molecule has 1 fully saturated rings. The minimum Gasteiger partial charge on any atom is -0.497 e. The summed E-state index contributed by atoms with van der Waals surface area (Å²) in [5, 5.41) is 3.25. The molecule has 1 aromatic heterocycles. The molecule has 116 valence electrons. The number of rotatable bonds is 6. The predicted octanol–water partition coefficient (Wildman–Crippen LogP) is 3.61.